The van der Waals surface area contributed by atoms with Crippen LogP contribution in [-0.2, 0) is 4.79 Å². The number of rotatable bonds is 4. The highest BCUT2D eigenvalue weighted by Crippen LogP contribution is 1.96. The maximum absolute atomic E-state index is 11.0. The van der Waals surface area contributed by atoms with Crippen molar-refractivity contribution in [1.82, 2.24) is 5.32 Å². The third kappa shape index (κ3) is 5.04. The summed E-state index contributed by atoms with van der Waals surface area (Å²) in [5, 5.41) is 11.4. The minimum Gasteiger partial charge on any atom is -0.392 e. The van der Waals surface area contributed by atoms with Crippen molar-refractivity contribution in [3.63, 3.8) is 0 Å². The molecule has 3 nitrogen and oxygen atoms in total. The topological polar surface area (TPSA) is 49.3 Å². The first kappa shape index (κ1) is 10.7. The zero-order valence-corrected chi connectivity index (χ0v) is 7.56. The van der Waals surface area contributed by atoms with Crippen molar-refractivity contribution in [3.8, 4) is 0 Å². The maximum Gasteiger partial charge on any atom is 0.224 e. The number of halogens is 1. The summed E-state index contributed by atoms with van der Waals surface area (Å²) < 4.78 is 0. The number of hydrogen-bond donors (Lipinski definition) is 2. The zero-order valence-electron chi connectivity index (χ0n) is 6.80. The van der Waals surface area contributed by atoms with Crippen LogP contribution in [0.2, 0.25) is 0 Å². The standard InChI is InChI=1S/C7H14ClNO2/c1-5(3-8)7(11)9-4-6(2)10/h5-6,10H,3-4H2,1-2H3,(H,9,11)/t5?,6-/m1/s1. The second-order valence-electron chi connectivity index (χ2n) is 2.65. The van der Waals surface area contributed by atoms with Gasteiger partial charge in [0.15, 0.2) is 0 Å². The van der Waals surface area contributed by atoms with Gasteiger partial charge < -0.3 is 10.4 Å². The minimum atomic E-state index is -0.499. The molecule has 0 aliphatic rings. The van der Waals surface area contributed by atoms with Crippen LogP contribution in [-0.4, -0.2) is 29.5 Å². The second-order valence-corrected chi connectivity index (χ2v) is 2.96. The molecule has 0 radical (unpaired) electrons. The van der Waals surface area contributed by atoms with Gasteiger partial charge in [-0.1, -0.05) is 6.92 Å². The van der Waals surface area contributed by atoms with Crippen LogP contribution < -0.4 is 5.32 Å². The van der Waals surface area contributed by atoms with Crippen LogP contribution in [0, 0.1) is 5.92 Å². The van der Waals surface area contributed by atoms with E-state index >= 15 is 0 Å². The molecular formula is C7H14ClNO2. The SMILES string of the molecule is CC(CCl)C(=O)NC[C@@H](C)O. The lowest BCUT2D eigenvalue weighted by Crippen LogP contribution is -2.34. The summed E-state index contributed by atoms with van der Waals surface area (Å²) in [5.41, 5.74) is 0. The van der Waals surface area contributed by atoms with Crippen LogP contribution in [0.25, 0.3) is 0 Å². The average molecular weight is 180 g/mol. The predicted molar refractivity (Wildman–Crippen MR) is 44.6 cm³/mol. The van der Waals surface area contributed by atoms with Gasteiger partial charge in [0.05, 0.1) is 6.10 Å². The van der Waals surface area contributed by atoms with Crippen molar-refractivity contribution < 1.29 is 9.90 Å². The second kappa shape index (κ2) is 5.38. The summed E-state index contributed by atoms with van der Waals surface area (Å²) in [7, 11) is 0. The van der Waals surface area contributed by atoms with E-state index in [1.54, 1.807) is 13.8 Å². The first-order valence-electron chi connectivity index (χ1n) is 3.59. The smallest absolute Gasteiger partial charge is 0.224 e. The number of aliphatic hydroxyl groups excluding tert-OH is 1. The monoisotopic (exact) mass is 179 g/mol. The molecule has 0 aliphatic carbocycles. The number of alkyl halides is 1. The van der Waals surface area contributed by atoms with E-state index in [1.165, 1.54) is 0 Å². The van der Waals surface area contributed by atoms with E-state index in [-0.39, 0.29) is 11.8 Å². The molecule has 0 bridgehead atoms. The molecule has 0 saturated carbocycles. The fraction of sp³-hybridized carbons (Fsp3) is 0.857. The Balaban J connectivity index is 3.52. The minimum absolute atomic E-state index is 0.110. The van der Waals surface area contributed by atoms with Crippen LogP contribution in [0.1, 0.15) is 13.8 Å². The summed E-state index contributed by atoms with van der Waals surface area (Å²) >= 11 is 5.44. The Morgan fingerprint density at radius 2 is 2.18 bits per heavy atom. The molecule has 1 amide bonds. The van der Waals surface area contributed by atoms with Crippen LogP contribution in [0.5, 0.6) is 0 Å². The molecule has 66 valence electrons. The number of hydrogen-bond acceptors (Lipinski definition) is 2. The van der Waals surface area contributed by atoms with Crippen molar-refractivity contribution in [1.29, 1.82) is 0 Å². The normalized spacial score (nSPS) is 15.6. The molecule has 0 aromatic rings. The number of nitrogens with one attached hydrogen (secondary N) is 1. The van der Waals surface area contributed by atoms with E-state index in [0.29, 0.717) is 12.4 Å². The molecule has 0 rings (SSSR count). The Bertz CT molecular complexity index is 128. The van der Waals surface area contributed by atoms with Crippen LogP contribution in [0.15, 0.2) is 0 Å². The molecule has 1 unspecified atom stereocenters. The summed E-state index contributed by atoms with van der Waals surface area (Å²) in [6, 6.07) is 0. The number of carbonyl (C=O) groups is 1. The Morgan fingerprint density at radius 3 is 2.55 bits per heavy atom. The van der Waals surface area contributed by atoms with Crippen molar-refractivity contribution in [2.24, 2.45) is 5.92 Å². The molecule has 2 N–H and O–H groups in total. The van der Waals surface area contributed by atoms with E-state index in [4.69, 9.17) is 16.7 Å². The Hall–Kier alpha value is -0.280. The van der Waals surface area contributed by atoms with Gasteiger partial charge in [-0.05, 0) is 6.92 Å². The highest BCUT2D eigenvalue weighted by Gasteiger charge is 2.10. The van der Waals surface area contributed by atoms with Crippen LogP contribution in [0.3, 0.4) is 0 Å². The van der Waals surface area contributed by atoms with Crippen molar-refractivity contribution >= 4 is 17.5 Å². The molecule has 0 aliphatic heterocycles. The van der Waals surface area contributed by atoms with Crippen LogP contribution >= 0.6 is 11.6 Å². The predicted octanol–water partition coefficient (Wildman–Crippen LogP) is 0.358. The molecule has 11 heavy (non-hydrogen) atoms. The summed E-state index contributed by atoms with van der Waals surface area (Å²) in [4.78, 5) is 11.0. The number of aliphatic hydroxyl groups is 1. The van der Waals surface area contributed by atoms with Gasteiger partial charge in [0, 0.05) is 18.3 Å². The van der Waals surface area contributed by atoms with Gasteiger partial charge in [0.2, 0.25) is 5.91 Å². The maximum atomic E-state index is 11.0. The molecule has 0 aromatic heterocycles. The summed E-state index contributed by atoms with van der Waals surface area (Å²) in [6.45, 7) is 3.65. The van der Waals surface area contributed by atoms with Crippen LogP contribution in [0.4, 0.5) is 0 Å². The van der Waals surface area contributed by atoms with E-state index in [2.05, 4.69) is 5.32 Å². The molecule has 2 atom stereocenters. The van der Waals surface area contributed by atoms with Crippen molar-refractivity contribution in [2.45, 2.75) is 20.0 Å². The van der Waals surface area contributed by atoms with E-state index in [0.717, 1.165) is 0 Å². The summed E-state index contributed by atoms with van der Waals surface area (Å²) in [6.07, 6.45) is -0.499. The van der Waals surface area contributed by atoms with Crippen molar-refractivity contribution in [3.05, 3.63) is 0 Å². The molecule has 0 fully saturated rings. The fourth-order valence-corrected chi connectivity index (χ4v) is 0.633. The van der Waals surface area contributed by atoms with E-state index in [9.17, 15) is 4.79 Å². The molecule has 0 spiro atoms. The van der Waals surface area contributed by atoms with Gasteiger partial charge in [0.1, 0.15) is 0 Å². The lowest BCUT2D eigenvalue weighted by molar-refractivity contribution is -0.124. The first-order chi connectivity index (χ1) is 5.07. The van der Waals surface area contributed by atoms with E-state index in [1.807, 2.05) is 0 Å². The Labute approximate surface area is 71.7 Å². The molecule has 0 saturated heterocycles. The molecular weight excluding hydrogens is 166 g/mol. The number of amides is 1. The molecule has 4 heteroatoms. The molecule has 0 aromatic carbocycles. The Morgan fingerprint density at radius 1 is 1.64 bits per heavy atom. The zero-order chi connectivity index (χ0) is 8.85. The quantitative estimate of drug-likeness (QED) is 0.613. The van der Waals surface area contributed by atoms with Gasteiger partial charge in [0.25, 0.3) is 0 Å². The van der Waals surface area contributed by atoms with E-state index < -0.39 is 6.10 Å². The molecule has 0 heterocycles. The summed E-state index contributed by atoms with van der Waals surface area (Å²) in [5.74, 6) is 0.0161. The van der Waals surface area contributed by atoms with Gasteiger partial charge >= 0.3 is 0 Å². The van der Waals surface area contributed by atoms with Gasteiger partial charge in [-0.25, -0.2) is 0 Å². The highest BCUT2D eigenvalue weighted by molar-refractivity contribution is 6.19. The van der Waals surface area contributed by atoms with Crippen molar-refractivity contribution in [2.75, 3.05) is 12.4 Å². The third-order valence-corrected chi connectivity index (χ3v) is 1.71. The van der Waals surface area contributed by atoms with Gasteiger partial charge in [-0.2, -0.15) is 0 Å². The Kier molecular flexibility index (Phi) is 5.24. The lowest BCUT2D eigenvalue weighted by atomic mass is 10.2. The van der Waals surface area contributed by atoms with Gasteiger partial charge in [-0.15, -0.1) is 11.6 Å². The third-order valence-electron chi connectivity index (χ3n) is 1.25. The lowest BCUT2D eigenvalue weighted by Gasteiger charge is -2.09. The fourth-order valence-electron chi connectivity index (χ4n) is 0.493. The first-order valence-corrected chi connectivity index (χ1v) is 4.13. The number of carbonyl (C=O) groups excluding carboxylic acids is 1. The van der Waals surface area contributed by atoms with Gasteiger partial charge in [-0.3, -0.25) is 4.79 Å². The largest absolute Gasteiger partial charge is 0.392 e. The highest BCUT2D eigenvalue weighted by atomic mass is 35.5. The average Bonchev–Trinajstić information content (AvgIpc) is 1.98.